The molecule has 0 spiro atoms. The van der Waals surface area contributed by atoms with Crippen molar-refractivity contribution in [1.82, 2.24) is 4.90 Å². The fourth-order valence-electron chi connectivity index (χ4n) is 2.13. The maximum atomic E-state index is 3.81. The molecule has 50 valence electrons. The highest BCUT2D eigenvalue weighted by Crippen LogP contribution is 2.51. The van der Waals surface area contributed by atoms with Gasteiger partial charge in [-0.2, -0.15) is 0 Å². The van der Waals surface area contributed by atoms with Crippen LogP contribution in [0, 0.1) is 17.8 Å². The molecule has 0 aromatic carbocycles. The maximum absolute atomic E-state index is 3.81. The molecule has 3 atom stereocenters. The normalized spacial score (nSPS) is 48.8. The van der Waals surface area contributed by atoms with E-state index in [1.165, 1.54) is 13.1 Å². The minimum absolute atomic E-state index is 0.876. The van der Waals surface area contributed by atoms with E-state index in [1.807, 2.05) is 0 Å². The molecule has 1 heteroatoms. The van der Waals surface area contributed by atoms with Crippen LogP contribution in [0.2, 0.25) is 0 Å². The zero-order valence-electron chi connectivity index (χ0n) is 5.88. The van der Waals surface area contributed by atoms with Crippen molar-refractivity contribution < 1.29 is 0 Å². The number of piperidine rings is 1. The minimum atomic E-state index is 0.876. The third-order valence-corrected chi connectivity index (χ3v) is 2.71. The average Bonchev–Trinajstić information content (AvgIpc) is 2.30. The summed E-state index contributed by atoms with van der Waals surface area (Å²) < 4.78 is 0. The van der Waals surface area contributed by atoms with Gasteiger partial charge in [-0.3, -0.25) is 0 Å². The maximum Gasteiger partial charge on any atom is 0.00158 e. The van der Waals surface area contributed by atoms with E-state index in [0.717, 1.165) is 17.8 Å². The Balaban J connectivity index is 1.98. The Morgan fingerprint density at radius 3 is 2.44 bits per heavy atom. The van der Waals surface area contributed by atoms with E-state index in [4.69, 9.17) is 0 Å². The van der Waals surface area contributed by atoms with Crippen molar-refractivity contribution in [2.45, 2.75) is 0 Å². The van der Waals surface area contributed by atoms with Crippen LogP contribution in [-0.2, 0) is 0 Å². The van der Waals surface area contributed by atoms with Crippen molar-refractivity contribution in [2.75, 3.05) is 20.1 Å². The van der Waals surface area contributed by atoms with Crippen molar-refractivity contribution >= 4 is 0 Å². The molecule has 1 saturated heterocycles. The van der Waals surface area contributed by atoms with E-state index in [2.05, 4.69) is 24.6 Å². The molecule has 1 saturated carbocycles. The third kappa shape index (κ3) is 0.645. The molecule has 0 radical (unpaired) electrons. The second-order valence-electron chi connectivity index (χ2n) is 3.36. The Bertz CT molecular complexity index is 130. The van der Waals surface area contributed by atoms with Crippen LogP contribution in [-0.4, -0.2) is 25.0 Å². The Hall–Kier alpha value is -0.300. The number of hydrogen-bond donors (Lipinski definition) is 0. The first-order valence-corrected chi connectivity index (χ1v) is 3.64. The Kier molecular flexibility index (Phi) is 0.974. The van der Waals surface area contributed by atoms with E-state index in [9.17, 15) is 0 Å². The molecule has 0 aromatic rings. The van der Waals surface area contributed by atoms with Gasteiger partial charge in [-0.25, -0.2) is 0 Å². The highest BCUT2D eigenvalue weighted by Gasteiger charge is 2.52. The highest BCUT2D eigenvalue weighted by molar-refractivity contribution is 5.11. The smallest absolute Gasteiger partial charge is 0.00158 e. The van der Waals surface area contributed by atoms with Crippen molar-refractivity contribution in [3.8, 4) is 0 Å². The topological polar surface area (TPSA) is 3.24 Å². The van der Waals surface area contributed by atoms with E-state index >= 15 is 0 Å². The van der Waals surface area contributed by atoms with Crippen LogP contribution in [0.5, 0.6) is 0 Å². The zero-order chi connectivity index (χ0) is 6.43. The number of nitrogens with zero attached hydrogens (tertiary/aromatic N) is 1. The summed E-state index contributed by atoms with van der Waals surface area (Å²) >= 11 is 0. The highest BCUT2D eigenvalue weighted by atomic mass is 15.2. The van der Waals surface area contributed by atoms with Crippen molar-refractivity contribution in [2.24, 2.45) is 17.8 Å². The number of allylic oxidation sites excluding steroid dienone is 1. The standard InChI is InChI=1S/C8H13N/c1-3-6-7-4-9(2)5-8(6)7/h3,6-8H,1,4-5H2,2H3/t6-,7-,8+. The summed E-state index contributed by atoms with van der Waals surface area (Å²) in [6.07, 6.45) is 2.13. The van der Waals surface area contributed by atoms with Crippen LogP contribution in [0.15, 0.2) is 12.7 Å². The largest absolute Gasteiger partial charge is 0.306 e. The first-order chi connectivity index (χ1) is 4.33. The van der Waals surface area contributed by atoms with Gasteiger partial charge in [0.25, 0.3) is 0 Å². The molecule has 9 heavy (non-hydrogen) atoms. The average molecular weight is 123 g/mol. The number of likely N-dealkylation sites (tertiary alicyclic amines) is 1. The molecule has 1 aliphatic carbocycles. The van der Waals surface area contributed by atoms with Gasteiger partial charge in [-0.1, -0.05) is 6.08 Å². The van der Waals surface area contributed by atoms with Gasteiger partial charge in [0.15, 0.2) is 0 Å². The monoisotopic (exact) mass is 123 g/mol. The van der Waals surface area contributed by atoms with Gasteiger partial charge in [-0.05, 0) is 24.8 Å². The SMILES string of the molecule is C=C[C@@H]1[C@H]2CN(C)C[C@@H]12. The molecule has 2 rings (SSSR count). The molecule has 2 fully saturated rings. The lowest BCUT2D eigenvalue weighted by molar-refractivity contribution is 0.358. The molecule has 1 heterocycles. The molecule has 0 unspecified atom stereocenters. The Morgan fingerprint density at radius 1 is 1.44 bits per heavy atom. The van der Waals surface area contributed by atoms with E-state index in [0.29, 0.717) is 0 Å². The molecular weight excluding hydrogens is 110 g/mol. The second kappa shape index (κ2) is 1.60. The van der Waals surface area contributed by atoms with Crippen LogP contribution in [0.25, 0.3) is 0 Å². The van der Waals surface area contributed by atoms with Gasteiger partial charge in [0.2, 0.25) is 0 Å². The van der Waals surface area contributed by atoms with Gasteiger partial charge in [0.1, 0.15) is 0 Å². The summed E-state index contributed by atoms with van der Waals surface area (Å²) in [6, 6.07) is 0. The number of rotatable bonds is 1. The first-order valence-electron chi connectivity index (χ1n) is 3.64. The van der Waals surface area contributed by atoms with E-state index < -0.39 is 0 Å². The predicted molar refractivity (Wildman–Crippen MR) is 38.2 cm³/mol. The molecule has 1 nitrogen and oxygen atoms in total. The molecular formula is C8H13N. The molecule has 0 bridgehead atoms. The fourth-order valence-corrected chi connectivity index (χ4v) is 2.13. The van der Waals surface area contributed by atoms with Crippen LogP contribution in [0.1, 0.15) is 0 Å². The molecule has 1 aliphatic heterocycles. The van der Waals surface area contributed by atoms with Crippen LogP contribution in [0.3, 0.4) is 0 Å². The van der Waals surface area contributed by atoms with Crippen LogP contribution >= 0.6 is 0 Å². The molecule has 2 aliphatic rings. The molecule has 0 amide bonds. The summed E-state index contributed by atoms with van der Waals surface area (Å²) in [5, 5.41) is 0. The summed E-state index contributed by atoms with van der Waals surface area (Å²) in [6.45, 7) is 6.43. The first kappa shape index (κ1) is 5.48. The van der Waals surface area contributed by atoms with Gasteiger partial charge < -0.3 is 4.90 Å². The second-order valence-corrected chi connectivity index (χ2v) is 3.36. The minimum Gasteiger partial charge on any atom is -0.306 e. The summed E-state index contributed by atoms with van der Waals surface area (Å²) in [5.74, 6) is 2.83. The lowest BCUT2D eigenvalue weighted by Crippen LogP contribution is -2.18. The zero-order valence-corrected chi connectivity index (χ0v) is 5.88. The number of hydrogen-bond acceptors (Lipinski definition) is 1. The number of fused-ring (bicyclic) bond motifs is 1. The lowest BCUT2D eigenvalue weighted by atomic mass is 10.3. The summed E-state index contributed by atoms with van der Waals surface area (Å²) in [7, 11) is 2.20. The lowest BCUT2D eigenvalue weighted by Gasteiger charge is -2.09. The van der Waals surface area contributed by atoms with Crippen molar-refractivity contribution in [3.05, 3.63) is 12.7 Å². The van der Waals surface area contributed by atoms with E-state index in [1.54, 1.807) is 0 Å². The predicted octanol–water partition coefficient (Wildman–Crippen LogP) is 0.980. The van der Waals surface area contributed by atoms with Crippen LogP contribution < -0.4 is 0 Å². The summed E-state index contributed by atoms with van der Waals surface area (Å²) in [5.41, 5.74) is 0. The fraction of sp³-hybridized carbons (Fsp3) is 0.750. The molecule has 0 N–H and O–H groups in total. The van der Waals surface area contributed by atoms with Crippen LogP contribution in [0.4, 0.5) is 0 Å². The van der Waals surface area contributed by atoms with Gasteiger partial charge in [0, 0.05) is 13.1 Å². The third-order valence-electron chi connectivity index (χ3n) is 2.71. The van der Waals surface area contributed by atoms with Gasteiger partial charge in [0.05, 0.1) is 0 Å². The van der Waals surface area contributed by atoms with E-state index in [-0.39, 0.29) is 0 Å². The summed E-state index contributed by atoms with van der Waals surface area (Å²) in [4.78, 5) is 2.41. The quantitative estimate of drug-likeness (QED) is 0.470. The van der Waals surface area contributed by atoms with Gasteiger partial charge >= 0.3 is 0 Å². The van der Waals surface area contributed by atoms with Crippen molar-refractivity contribution in [1.29, 1.82) is 0 Å². The molecule has 0 aromatic heterocycles. The van der Waals surface area contributed by atoms with Crippen molar-refractivity contribution in [3.63, 3.8) is 0 Å². The Morgan fingerprint density at radius 2 is 2.00 bits per heavy atom. The van der Waals surface area contributed by atoms with Gasteiger partial charge in [-0.15, -0.1) is 6.58 Å². The Labute approximate surface area is 56.4 Å².